The zero-order valence-electron chi connectivity index (χ0n) is 11.1. The molecule has 1 fully saturated rings. The third-order valence-corrected chi connectivity index (χ3v) is 4.27. The minimum Gasteiger partial charge on any atom is -0.464 e. The Hall–Kier alpha value is -0.760. The number of hydrogen-bond donors (Lipinski definition) is 1. The summed E-state index contributed by atoms with van der Waals surface area (Å²) in [6.07, 6.45) is 7.51. The van der Waals surface area contributed by atoms with Crippen LogP contribution in [-0.2, 0) is 6.42 Å². The van der Waals surface area contributed by atoms with Crippen molar-refractivity contribution in [3.63, 3.8) is 0 Å². The molecule has 0 radical (unpaired) electrons. The molecule has 2 N–H and O–H groups in total. The molecule has 0 aliphatic heterocycles. The fourth-order valence-corrected chi connectivity index (χ4v) is 3.03. The average molecular weight is 235 g/mol. The number of nitrogens with two attached hydrogens (primary N) is 1. The molecule has 0 spiro atoms. The molecule has 1 saturated carbocycles. The molecule has 3 unspecified atom stereocenters. The standard InChI is InChI=1S/C15H25NO/c1-3-11-6-5-7-12(10-11)15(16)14-9-8-13(4-2)17-14/h8-9,11-12,15H,3-7,10,16H2,1-2H3. The monoisotopic (exact) mass is 235 g/mol. The lowest BCUT2D eigenvalue weighted by Crippen LogP contribution is -2.26. The molecule has 2 rings (SSSR count). The van der Waals surface area contributed by atoms with Crippen LogP contribution in [-0.4, -0.2) is 0 Å². The van der Waals surface area contributed by atoms with E-state index in [0.29, 0.717) is 5.92 Å². The highest BCUT2D eigenvalue weighted by atomic mass is 16.3. The van der Waals surface area contributed by atoms with E-state index in [0.717, 1.165) is 23.9 Å². The largest absolute Gasteiger partial charge is 0.464 e. The summed E-state index contributed by atoms with van der Waals surface area (Å²) in [5.41, 5.74) is 6.36. The molecule has 2 heteroatoms. The Morgan fingerprint density at radius 3 is 2.82 bits per heavy atom. The minimum absolute atomic E-state index is 0.102. The van der Waals surface area contributed by atoms with Crippen LogP contribution in [0.1, 0.15) is 63.5 Å². The fraction of sp³-hybridized carbons (Fsp3) is 0.733. The summed E-state index contributed by atoms with van der Waals surface area (Å²) in [5.74, 6) is 3.53. The first-order valence-corrected chi connectivity index (χ1v) is 7.08. The van der Waals surface area contributed by atoms with Crippen molar-refractivity contribution in [1.82, 2.24) is 0 Å². The van der Waals surface area contributed by atoms with Gasteiger partial charge in [0, 0.05) is 6.42 Å². The highest BCUT2D eigenvalue weighted by Crippen LogP contribution is 2.37. The summed E-state index contributed by atoms with van der Waals surface area (Å²) >= 11 is 0. The molecular formula is C15H25NO. The molecule has 1 aliphatic rings. The van der Waals surface area contributed by atoms with Crippen molar-refractivity contribution in [1.29, 1.82) is 0 Å². The van der Waals surface area contributed by atoms with E-state index in [-0.39, 0.29) is 6.04 Å². The normalized spacial score (nSPS) is 27.0. The Morgan fingerprint density at radius 2 is 2.18 bits per heavy atom. The van der Waals surface area contributed by atoms with Gasteiger partial charge in [0.1, 0.15) is 11.5 Å². The van der Waals surface area contributed by atoms with Crippen molar-refractivity contribution in [3.8, 4) is 0 Å². The van der Waals surface area contributed by atoms with Crippen LogP contribution in [0.5, 0.6) is 0 Å². The smallest absolute Gasteiger partial charge is 0.121 e. The van der Waals surface area contributed by atoms with E-state index < -0.39 is 0 Å². The van der Waals surface area contributed by atoms with Crippen molar-refractivity contribution >= 4 is 0 Å². The topological polar surface area (TPSA) is 39.2 Å². The lowest BCUT2D eigenvalue weighted by molar-refractivity contribution is 0.215. The molecule has 1 aromatic heterocycles. The summed E-state index contributed by atoms with van der Waals surface area (Å²) in [6.45, 7) is 4.41. The molecule has 17 heavy (non-hydrogen) atoms. The maximum atomic E-state index is 6.36. The highest BCUT2D eigenvalue weighted by molar-refractivity contribution is 5.11. The third kappa shape index (κ3) is 2.92. The van der Waals surface area contributed by atoms with Gasteiger partial charge in [0.25, 0.3) is 0 Å². The van der Waals surface area contributed by atoms with Gasteiger partial charge in [-0.2, -0.15) is 0 Å². The van der Waals surface area contributed by atoms with Gasteiger partial charge in [-0.3, -0.25) is 0 Å². The molecule has 2 nitrogen and oxygen atoms in total. The van der Waals surface area contributed by atoms with Crippen LogP contribution >= 0.6 is 0 Å². The van der Waals surface area contributed by atoms with E-state index in [4.69, 9.17) is 10.2 Å². The van der Waals surface area contributed by atoms with Gasteiger partial charge in [0.15, 0.2) is 0 Å². The van der Waals surface area contributed by atoms with Gasteiger partial charge >= 0.3 is 0 Å². The van der Waals surface area contributed by atoms with Gasteiger partial charge in [-0.15, -0.1) is 0 Å². The Labute approximate surface area is 105 Å². The number of rotatable bonds is 4. The zero-order chi connectivity index (χ0) is 12.3. The Bertz CT molecular complexity index is 344. The first-order chi connectivity index (χ1) is 8.24. The molecule has 0 aromatic carbocycles. The lowest BCUT2D eigenvalue weighted by Gasteiger charge is -2.31. The minimum atomic E-state index is 0.102. The highest BCUT2D eigenvalue weighted by Gasteiger charge is 2.28. The van der Waals surface area contributed by atoms with Crippen LogP contribution < -0.4 is 5.73 Å². The van der Waals surface area contributed by atoms with Crippen LogP contribution in [0.3, 0.4) is 0 Å². The predicted octanol–water partition coefficient (Wildman–Crippen LogP) is 4.06. The predicted molar refractivity (Wildman–Crippen MR) is 70.8 cm³/mol. The SMILES string of the molecule is CCc1ccc(C(N)C2CCCC(CC)C2)o1. The van der Waals surface area contributed by atoms with Gasteiger partial charge in [0.2, 0.25) is 0 Å². The Morgan fingerprint density at radius 1 is 1.35 bits per heavy atom. The van der Waals surface area contributed by atoms with Crippen molar-refractivity contribution in [2.75, 3.05) is 0 Å². The van der Waals surface area contributed by atoms with Crippen molar-refractivity contribution in [3.05, 3.63) is 23.7 Å². The summed E-state index contributed by atoms with van der Waals surface area (Å²) in [7, 11) is 0. The maximum absolute atomic E-state index is 6.36. The van der Waals surface area contributed by atoms with Crippen molar-refractivity contribution in [2.24, 2.45) is 17.6 Å². The Kier molecular flexibility index (Phi) is 4.27. The summed E-state index contributed by atoms with van der Waals surface area (Å²) in [4.78, 5) is 0. The quantitative estimate of drug-likeness (QED) is 0.854. The van der Waals surface area contributed by atoms with Gasteiger partial charge < -0.3 is 10.2 Å². The molecule has 0 amide bonds. The molecule has 1 aromatic rings. The van der Waals surface area contributed by atoms with Gasteiger partial charge in [-0.05, 0) is 36.8 Å². The van der Waals surface area contributed by atoms with Crippen LogP contribution in [0.15, 0.2) is 16.5 Å². The molecule has 1 heterocycles. The van der Waals surface area contributed by atoms with Crippen LogP contribution in [0.2, 0.25) is 0 Å². The van der Waals surface area contributed by atoms with E-state index in [9.17, 15) is 0 Å². The molecular weight excluding hydrogens is 210 g/mol. The van der Waals surface area contributed by atoms with Gasteiger partial charge in [-0.1, -0.05) is 33.1 Å². The molecule has 96 valence electrons. The second kappa shape index (κ2) is 5.72. The van der Waals surface area contributed by atoms with E-state index in [1.165, 1.54) is 32.1 Å². The summed E-state index contributed by atoms with van der Waals surface area (Å²) < 4.78 is 5.79. The fourth-order valence-electron chi connectivity index (χ4n) is 3.03. The second-order valence-corrected chi connectivity index (χ2v) is 5.38. The van der Waals surface area contributed by atoms with Crippen LogP contribution in [0.25, 0.3) is 0 Å². The van der Waals surface area contributed by atoms with Crippen LogP contribution in [0.4, 0.5) is 0 Å². The lowest BCUT2D eigenvalue weighted by atomic mass is 9.76. The summed E-state index contributed by atoms with van der Waals surface area (Å²) in [5, 5.41) is 0. The van der Waals surface area contributed by atoms with Crippen molar-refractivity contribution < 1.29 is 4.42 Å². The number of hydrogen-bond acceptors (Lipinski definition) is 2. The van der Waals surface area contributed by atoms with E-state index in [1.54, 1.807) is 0 Å². The first-order valence-electron chi connectivity index (χ1n) is 7.08. The van der Waals surface area contributed by atoms with Crippen molar-refractivity contribution in [2.45, 2.75) is 58.4 Å². The average Bonchev–Trinajstić information content (AvgIpc) is 2.86. The molecule has 1 aliphatic carbocycles. The zero-order valence-corrected chi connectivity index (χ0v) is 11.1. The van der Waals surface area contributed by atoms with E-state index in [2.05, 4.69) is 26.0 Å². The maximum Gasteiger partial charge on any atom is 0.121 e. The summed E-state index contributed by atoms with van der Waals surface area (Å²) in [6, 6.07) is 4.23. The second-order valence-electron chi connectivity index (χ2n) is 5.38. The van der Waals surface area contributed by atoms with E-state index in [1.807, 2.05) is 0 Å². The van der Waals surface area contributed by atoms with E-state index >= 15 is 0 Å². The number of furan rings is 1. The van der Waals surface area contributed by atoms with Gasteiger partial charge in [0.05, 0.1) is 6.04 Å². The molecule has 0 bridgehead atoms. The first kappa shape index (κ1) is 12.7. The molecule has 3 atom stereocenters. The van der Waals surface area contributed by atoms with Crippen LogP contribution in [0, 0.1) is 11.8 Å². The van der Waals surface area contributed by atoms with Gasteiger partial charge in [-0.25, -0.2) is 0 Å². The number of aryl methyl sites for hydroxylation is 1. The third-order valence-electron chi connectivity index (χ3n) is 4.27. The Balaban J connectivity index is 2.00. The molecule has 0 saturated heterocycles.